The Bertz CT molecular complexity index is 294. The van der Waals surface area contributed by atoms with Gasteiger partial charge in [0.15, 0.2) is 9.84 Å². The number of ether oxygens (including phenoxy) is 1. The topological polar surface area (TPSA) is 43.4 Å². The van der Waals surface area contributed by atoms with Gasteiger partial charge in [-0.25, -0.2) is 8.42 Å². The van der Waals surface area contributed by atoms with Crippen LogP contribution in [0.3, 0.4) is 0 Å². The largest absolute Gasteiger partial charge is 0.376 e. The fraction of sp³-hybridized carbons (Fsp3) is 1.00. The Morgan fingerprint density at radius 3 is 2.69 bits per heavy atom. The van der Waals surface area contributed by atoms with E-state index in [2.05, 4.69) is 13.8 Å². The Morgan fingerprint density at radius 2 is 2.08 bits per heavy atom. The average Bonchev–Trinajstić information content (AvgIpc) is 2.53. The summed E-state index contributed by atoms with van der Waals surface area (Å²) in [5, 5.41) is -0.195. The zero-order valence-electron chi connectivity index (χ0n) is 8.06. The normalized spacial score (nSPS) is 42.5. The van der Waals surface area contributed by atoms with E-state index in [4.69, 9.17) is 4.74 Å². The van der Waals surface area contributed by atoms with Crippen molar-refractivity contribution in [2.24, 2.45) is 11.8 Å². The number of rotatable bonds is 1. The first-order valence-corrected chi connectivity index (χ1v) is 6.57. The molecule has 0 amide bonds. The minimum Gasteiger partial charge on any atom is -0.376 e. The van der Waals surface area contributed by atoms with Crippen LogP contribution in [0.4, 0.5) is 0 Å². The van der Waals surface area contributed by atoms with Crippen molar-refractivity contribution < 1.29 is 13.2 Å². The van der Waals surface area contributed by atoms with Crippen molar-refractivity contribution in [2.45, 2.75) is 31.6 Å². The molecular weight excluding hydrogens is 188 g/mol. The van der Waals surface area contributed by atoms with Gasteiger partial charge in [0.05, 0.1) is 17.1 Å². The van der Waals surface area contributed by atoms with Gasteiger partial charge in [0.1, 0.15) is 0 Å². The maximum Gasteiger partial charge on any atom is 0.156 e. The highest BCUT2D eigenvalue weighted by molar-refractivity contribution is 7.92. The summed E-state index contributed by atoms with van der Waals surface area (Å²) in [5.74, 6) is 0.959. The molecule has 76 valence electrons. The third kappa shape index (κ3) is 1.40. The highest BCUT2D eigenvalue weighted by Gasteiger charge is 2.51. The van der Waals surface area contributed by atoms with Crippen molar-refractivity contribution in [3.8, 4) is 0 Å². The van der Waals surface area contributed by atoms with Crippen molar-refractivity contribution in [1.82, 2.24) is 0 Å². The van der Waals surface area contributed by atoms with Gasteiger partial charge < -0.3 is 4.74 Å². The first-order chi connectivity index (χ1) is 6.02. The van der Waals surface area contributed by atoms with E-state index in [0.717, 1.165) is 0 Å². The third-order valence-corrected chi connectivity index (χ3v) is 5.52. The van der Waals surface area contributed by atoms with Crippen LogP contribution in [-0.2, 0) is 14.6 Å². The molecule has 0 aromatic heterocycles. The van der Waals surface area contributed by atoms with E-state index in [1.165, 1.54) is 0 Å². The van der Waals surface area contributed by atoms with Crippen molar-refractivity contribution in [1.29, 1.82) is 0 Å². The van der Waals surface area contributed by atoms with Crippen LogP contribution in [0.5, 0.6) is 0 Å². The van der Waals surface area contributed by atoms with E-state index in [9.17, 15) is 8.42 Å². The Kier molecular flexibility index (Phi) is 2.15. The van der Waals surface area contributed by atoms with Gasteiger partial charge in [0, 0.05) is 12.5 Å². The molecule has 0 radical (unpaired) electrons. The molecular formula is C9H16O3S. The maximum atomic E-state index is 11.7. The van der Waals surface area contributed by atoms with Crippen LogP contribution in [0.1, 0.15) is 20.3 Å². The van der Waals surface area contributed by atoms with Crippen LogP contribution in [0.25, 0.3) is 0 Å². The molecule has 0 aromatic rings. The lowest BCUT2D eigenvalue weighted by Gasteiger charge is -2.19. The monoisotopic (exact) mass is 204 g/mol. The standard InChI is InChI=1S/C9H16O3S/c1-6(2)7-5-13(10,11)8-3-4-12-9(7)8/h6-9H,3-5H2,1-2H3. The molecule has 2 aliphatic rings. The molecule has 2 rings (SSSR count). The molecule has 0 spiro atoms. The molecule has 2 aliphatic heterocycles. The lowest BCUT2D eigenvalue weighted by atomic mass is 9.91. The smallest absolute Gasteiger partial charge is 0.156 e. The second-order valence-electron chi connectivity index (χ2n) is 4.40. The zero-order chi connectivity index (χ0) is 9.64. The van der Waals surface area contributed by atoms with Gasteiger partial charge in [-0.2, -0.15) is 0 Å². The molecule has 0 saturated carbocycles. The molecule has 3 nitrogen and oxygen atoms in total. The summed E-state index contributed by atoms with van der Waals surface area (Å²) < 4.78 is 28.9. The first kappa shape index (κ1) is 9.46. The molecule has 0 bridgehead atoms. The summed E-state index contributed by atoms with van der Waals surface area (Å²) in [4.78, 5) is 0. The van der Waals surface area contributed by atoms with Crippen LogP contribution >= 0.6 is 0 Å². The van der Waals surface area contributed by atoms with Crippen LogP contribution in [-0.4, -0.2) is 32.1 Å². The predicted molar refractivity (Wildman–Crippen MR) is 50.3 cm³/mol. The van der Waals surface area contributed by atoms with Crippen LogP contribution < -0.4 is 0 Å². The number of hydrogen-bond donors (Lipinski definition) is 0. The quantitative estimate of drug-likeness (QED) is 0.636. The molecule has 0 aliphatic carbocycles. The highest BCUT2D eigenvalue weighted by Crippen LogP contribution is 2.38. The SMILES string of the molecule is CC(C)C1CS(=O)(=O)C2CCOC12. The van der Waals surface area contributed by atoms with E-state index >= 15 is 0 Å². The summed E-state index contributed by atoms with van der Waals surface area (Å²) in [6.45, 7) is 4.77. The van der Waals surface area contributed by atoms with Gasteiger partial charge in [-0.05, 0) is 12.3 Å². The number of hydrogen-bond acceptors (Lipinski definition) is 3. The predicted octanol–water partition coefficient (Wildman–Crippen LogP) is 0.845. The van der Waals surface area contributed by atoms with E-state index in [0.29, 0.717) is 24.7 Å². The zero-order valence-corrected chi connectivity index (χ0v) is 8.88. The summed E-state index contributed by atoms with van der Waals surface area (Å²) in [6, 6.07) is 0. The molecule has 4 heteroatoms. The van der Waals surface area contributed by atoms with Gasteiger partial charge in [-0.3, -0.25) is 0 Å². The second-order valence-corrected chi connectivity index (χ2v) is 6.66. The number of fused-ring (bicyclic) bond motifs is 1. The van der Waals surface area contributed by atoms with Crippen molar-refractivity contribution >= 4 is 9.84 Å². The second kappa shape index (κ2) is 2.95. The molecule has 0 aromatic carbocycles. The van der Waals surface area contributed by atoms with Crippen LogP contribution in [0.2, 0.25) is 0 Å². The summed E-state index contributed by atoms with van der Waals surface area (Å²) in [5.41, 5.74) is 0. The molecule has 2 heterocycles. The molecule has 0 N–H and O–H groups in total. The Labute approximate surface area is 79.4 Å². The van der Waals surface area contributed by atoms with Crippen LogP contribution in [0, 0.1) is 11.8 Å². The summed E-state index contributed by atoms with van der Waals surface area (Å²) >= 11 is 0. The van der Waals surface area contributed by atoms with Gasteiger partial charge in [-0.1, -0.05) is 13.8 Å². The fourth-order valence-electron chi connectivity index (χ4n) is 2.43. The van der Waals surface area contributed by atoms with Gasteiger partial charge in [-0.15, -0.1) is 0 Å². The molecule has 2 saturated heterocycles. The minimum absolute atomic E-state index is 0.00926. The lowest BCUT2D eigenvalue weighted by Crippen LogP contribution is -2.26. The first-order valence-electron chi connectivity index (χ1n) is 4.85. The Morgan fingerprint density at radius 1 is 1.38 bits per heavy atom. The molecule has 13 heavy (non-hydrogen) atoms. The summed E-state index contributed by atoms with van der Waals surface area (Å²) in [7, 11) is -2.84. The Balaban J connectivity index is 2.28. The van der Waals surface area contributed by atoms with Gasteiger partial charge in [0.2, 0.25) is 0 Å². The Hall–Kier alpha value is -0.0900. The lowest BCUT2D eigenvalue weighted by molar-refractivity contribution is 0.0619. The van der Waals surface area contributed by atoms with Crippen molar-refractivity contribution in [3.63, 3.8) is 0 Å². The van der Waals surface area contributed by atoms with E-state index in [1.54, 1.807) is 0 Å². The van der Waals surface area contributed by atoms with Crippen molar-refractivity contribution in [2.75, 3.05) is 12.4 Å². The molecule has 3 atom stereocenters. The van der Waals surface area contributed by atoms with Gasteiger partial charge in [0.25, 0.3) is 0 Å². The summed E-state index contributed by atoms with van der Waals surface area (Å²) in [6.07, 6.45) is 0.695. The maximum absolute atomic E-state index is 11.7. The fourth-order valence-corrected chi connectivity index (χ4v) is 4.94. The van der Waals surface area contributed by atoms with Gasteiger partial charge >= 0.3 is 0 Å². The van der Waals surface area contributed by atoms with E-state index < -0.39 is 9.84 Å². The minimum atomic E-state index is -2.84. The third-order valence-electron chi connectivity index (χ3n) is 3.24. The highest BCUT2D eigenvalue weighted by atomic mass is 32.2. The average molecular weight is 204 g/mol. The van der Waals surface area contributed by atoms with Crippen LogP contribution in [0.15, 0.2) is 0 Å². The van der Waals surface area contributed by atoms with E-state index in [-0.39, 0.29) is 17.3 Å². The van der Waals surface area contributed by atoms with E-state index in [1.807, 2.05) is 0 Å². The molecule has 3 unspecified atom stereocenters. The number of sulfone groups is 1. The molecule has 2 fully saturated rings. The van der Waals surface area contributed by atoms with Crippen molar-refractivity contribution in [3.05, 3.63) is 0 Å².